The standard InChI is InChI=1S/C27H34N2O3/c1-6-7-8-12-22-26(20-14-15-23(31-4)18(2)16-20)25(27(28)30)19(3)29(22)17-21-11-9-10-13-24(21)32-5/h9-11,13-16H,6-8,12,17H2,1-5H3,(H2,28,30). The van der Waals surface area contributed by atoms with Crippen LogP contribution in [0.15, 0.2) is 42.5 Å². The fourth-order valence-corrected chi connectivity index (χ4v) is 4.46. The van der Waals surface area contributed by atoms with Crippen LogP contribution in [-0.4, -0.2) is 24.7 Å². The number of primary amides is 1. The summed E-state index contributed by atoms with van der Waals surface area (Å²) in [6.45, 7) is 6.81. The fourth-order valence-electron chi connectivity index (χ4n) is 4.46. The van der Waals surface area contributed by atoms with Gasteiger partial charge in [-0.2, -0.15) is 0 Å². The number of aromatic nitrogens is 1. The lowest BCUT2D eigenvalue weighted by Gasteiger charge is -2.16. The molecular formula is C27H34N2O3. The van der Waals surface area contributed by atoms with Crippen LogP contribution in [0.25, 0.3) is 11.1 Å². The Balaban J connectivity index is 2.23. The minimum Gasteiger partial charge on any atom is -0.496 e. The highest BCUT2D eigenvalue weighted by Gasteiger charge is 2.25. The first-order chi connectivity index (χ1) is 15.4. The maximum Gasteiger partial charge on any atom is 0.251 e. The van der Waals surface area contributed by atoms with E-state index >= 15 is 0 Å². The van der Waals surface area contributed by atoms with Gasteiger partial charge in [-0.05, 0) is 56.0 Å². The molecule has 0 aliphatic heterocycles. The van der Waals surface area contributed by atoms with Gasteiger partial charge in [0, 0.05) is 22.5 Å². The van der Waals surface area contributed by atoms with E-state index in [-0.39, 0.29) is 0 Å². The summed E-state index contributed by atoms with van der Waals surface area (Å²) in [6, 6.07) is 14.1. The van der Waals surface area contributed by atoms with E-state index in [1.807, 2.05) is 44.2 Å². The smallest absolute Gasteiger partial charge is 0.251 e. The van der Waals surface area contributed by atoms with Crippen LogP contribution >= 0.6 is 0 Å². The quantitative estimate of drug-likeness (QED) is 0.418. The van der Waals surface area contributed by atoms with E-state index in [4.69, 9.17) is 15.2 Å². The summed E-state index contributed by atoms with van der Waals surface area (Å²) in [5.74, 6) is 1.26. The molecule has 5 heteroatoms. The maximum atomic E-state index is 12.7. The minimum atomic E-state index is -0.401. The van der Waals surface area contributed by atoms with Crippen molar-refractivity contribution in [3.63, 3.8) is 0 Å². The Hall–Kier alpha value is -3.21. The van der Waals surface area contributed by atoms with Crippen LogP contribution in [-0.2, 0) is 13.0 Å². The number of amides is 1. The first-order valence-electron chi connectivity index (χ1n) is 11.2. The third kappa shape index (κ3) is 4.67. The third-order valence-electron chi connectivity index (χ3n) is 6.10. The zero-order chi connectivity index (χ0) is 23.3. The van der Waals surface area contributed by atoms with E-state index in [9.17, 15) is 4.79 Å². The lowest BCUT2D eigenvalue weighted by Crippen LogP contribution is -2.14. The zero-order valence-electron chi connectivity index (χ0n) is 19.8. The number of methoxy groups -OCH3 is 2. The average Bonchev–Trinajstić information content (AvgIpc) is 3.06. The molecule has 5 nitrogen and oxygen atoms in total. The van der Waals surface area contributed by atoms with Gasteiger partial charge in [-0.15, -0.1) is 0 Å². The van der Waals surface area contributed by atoms with Crippen molar-refractivity contribution in [2.24, 2.45) is 5.73 Å². The predicted molar refractivity (Wildman–Crippen MR) is 130 cm³/mol. The second-order valence-electron chi connectivity index (χ2n) is 8.19. The van der Waals surface area contributed by atoms with E-state index in [1.54, 1.807) is 14.2 Å². The topological polar surface area (TPSA) is 66.5 Å². The first kappa shape index (κ1) is 23.5. The molecule has 0 radical (unpaired) electrons. The molecule has 0 saturated carbocycles. The number of nitrogens with two attached hydrogens (primary N) is 1. The van der Waals surface area contributed by atoms with Crippen molar-refractivity contribution in [3.8, 4) is 22.6 Å². The number of hydrogen-bond donors (Lipinski definition) is 1. The molecule has 3 rings (SSSR count). The molecule has 3 aromatic rings. The largest absolute Gasteiger partial charge is 0.496 e. The third-order valence-corrected chi connectivity index (χ3v) is 6.10. The lowest BCUT2D eigenvalue weighted by atomic mass is 9.96. The first-order valence-corrected chi connectivity index (χ1v) is 11.2. The monoisotopic (exact) mass is 434 g/mol. The highest BCUT2D eigenvalue weighted by atomic mass is 16.5. The Morgan fingerprint density at radius 3 is 2.34 bits per heavy atom. The van der Waals surface area contributed by atoms with Crippen LogP contribution < -0.4 is 15.2 Å². The molecule has 2 N–H and O–H groups in total. The number of aryl methyl sites for hydroxylation is 1. The number of carbonyl (C=O) groups is 1. The summed E-state index contributed by atoms with van der Waals surface area (Å²) in [5.41, 5.74) is 12.6. The van der Waals surface area contributed by atoms with Crippen molar-refractivity contribution in [3.05, 3.63) is 70.5 Å². The number of carbonyl (C=O) groups excluding carboxylic acids is 1. The van der Waals surface area contributed by atoms with Gasteiger partial charge in [0.1, 0.15) is 11.5 Å². The summed E-state index contributed by atoms with van der Waals surface area (Å²) >= 11 is 0. The lowest BCUT2D eigenvalue weighted by molar-refractivity contribution is 0.1000. The van der Waals surface area contributed by atoms with Gasteiger partial charge < -0.3 is 19.8 Å². The number of unbranched alkanes of at least 4 members (excludes halogenated alkanes) is 2. The van der Waals surface area contributed by atoms with Gasteiger partial charge in [0.2, 0.25) is 0 Å². The van der Waals surface area contributed by atoms with Crippen molar-refractivity contribution in [1.29, 1.82) is 0 Å². The van der Waals surface area contributed by atoms with Crippen molar-refractivity contribution >= 4 is 5.91 Å². The molecule has 0 unspecified atom stereocenters. The second kappa shape index (κ2) is 10.4. The molecule has 170 valence electrons. The van der Waals surface area contributed by atoms with Crippen LogP contribution in [0.1, 0.15) is 59.1 Å². The van der Waals surface area contributed by atoms with Crippen LogP contribution in [0.2, 0.25) is 0 Å². The van der Waals surface area contributed by atoms with Crippen molar-refractivity contribution in [2.45, 2.75) is 53.0 Å². The summed E-state index contributed by atoms with van der Waals surface area (Å²) in [4.78, 5) is 12.7. The number of rotatable bonds is 10. The highest BCUT2D eigenvalue weighted by Crippen LogP contribution is 2.37. The fraction of sp³-hybridized carbons (Fsp3) is 0.370. The van der Waals surface area contributed by atoms with E-state index in [2.05, 4.69) is 23.6 Å². The minimum absolute atomic E-state index is 0.401. The van der Waals surface area contributed by atoms with Crippen LogP contribution in [0.5, 0.6) is 11.5 Å². The van der Waals surface area contributed by atoms with Crippen LogP contribution in [0, 0.1) is 13.8 Å². The van der Waals surface area contributed by atoms with Gasteiger partial charge >= 0.3 is 0 Å². The highest BCUT2D eigenvalue weighted by molar-refractivity contribution is 6.02. The molecular weight excluding hydrogens is 400 g/mol. The molecule has 0 atom stereocenters. The van der Waals surface area contributed by atoms with Gasteiger partial charge in [0.15, 0.2) is 0 Å². The summed E-state index contributed by atoms with van der Waals surface area (Å²) in [6.07, 6.45) is 4.18. The molecule has 32 heavy (non-hydrogen) atoms. The van der Waals surface area contributed by atoms with Crippen molar-refractivity contribution in [1.82, 2.24) is 4.57 Å². The Morgan fingerprint density at radius 1 is 1.00 bits per heavy atom. The van der Waals surface area contributed by atoms with Crippen molar-refractivity contribution < 1.29 is 14.3 Å². The number of ether oxygens (including phenoxy) is 2. The molecule has 0 fully saturated rings. The Morgan fingerprint density at radius 2 is 1.72 bits per heavy atom. The van der Waals surface area contributed by atoms with Gasteiger partial charge in [0.25, 0.3) is 5.91 Å². The number of hydrogen-bond acceptors (Lipinski definition) is 3. The summed E-state index contributed by atoms with van der Waals surface area (Å²) in [7, 11) is 3.35. The van der Waals surface area contributed by atoms with Gasteiger partial charge in [-0.3, -0.25) is 4.79 Å². The van der Waals surface area contributed by atoms with E-state index in [0.717, 1.165) is 70.8 Å². The summed E-state index contributed by atoms with van der Waals surface area (Å²) in [5, 5.41) is 0. The summed E-state index contributed by atoms with van der Waals surface area (Å²) < 4.78 is 13.3. The molecule has 1 heterocycles. The SMILES string of the molecule is CCCCCc1c(-c2ccc(OC)c(C)c2)c(C(N)=O)c(C)n1Cc1ccccc1OC. The number of benzene rings is 2. The van der Waals surface area contributed by atoms with Crippen molar-refractivity contribution in [2.75, 3.05) is 14.2 Å². The molecule has 0 aliphatic carbocycles. The van der Waals surface area contributed by atoms with Crippen LogP contribution in [0.3, 0.4) is 0 Å². The molecule has 1 aromatic heterocycles. The average molecular weight is 435 g/mol. The predicted octanol–water partition coefficient (Wildman–Crippen LogP) is 5.67. The van der Waals surface area contributed by atoms with E-state index in [1.165, 1.54) is 0 Å². The molecule has 0 aliphatic rings. The van der Waals surface area contributed by atoms with E-state index in [0.29, 0.717) is 12.1 Å². The van der Waals surface area contributed by atoms with Crippen LogP contribution in [0.4, 0.5) is 0 Å². The van der Waals surface area contributed by atoms with Gasteiger partial charge in [0.05, 0.1) is 26.3 Å². The Bertz CT molecular complexity index is 1100. The second-order valence-corrected chi connectivity index (χ2v) is 8.19. The Labute approximate surface area is 191 Å². The molecule has 0 saturated heterocycles. The maximum absolute atomic E-state index is 12.7. The molecule has 2 aromatic carbocycles. The molecule has 0 spiro atoms. The zero-order valence-corrected chi connectivity index (χ0v) is 19.8. The normalized spacial score (nSPS) is 10.9. The molecule has 0 bridgehead atoms. The van der Waals surface area contributed by atoms with E-state index < -0.39 is 5.91 Å². The number of para-hydroxylation sites is 1. The van der Waals surface area contributed by atoms with Gasteiger partial charge in [-0.1, -0.05) is 44.0 Å². The number of nitrogens with zero attached hydrogens (tertiary/aromatic N) is 1. The Kier molecular flexibility index (Phi) is 7.62. The molecule has 1 amide bonds. The van der Waals surface area contributed by atoms with Gasteiger partial charge in [-0.25, -0.2) is 0 Å².